The second kappa shape index (κ2) is 11.5. The van der Waals surface area contributed by atoms with Gasteiger partial charge in [-0.25, -0.2) is 4.79 Å². The van der Waals surface area contributed by atoms with E-state index in [4.69, 9.17) is 27.6 Å². The van der Waals surface area contributed by atoms with E-state index in [1.54, 1.807) is 6.07 Å². The van der Waals surface area contributed by atoms with Crippen LogP contribution in [0.15, 0.2) is 94.4 Å². The predicted octanol–water partition coefficient (Wildman–Crippen LogP) is 10.4. The molecule has 0 aliphatic heterocycles. The maximum atomic E-state index is 12.3. The molecule has 200 valence electrons. The van der Waals surface area contributed by atoms with Crippen LogP contribution in [0.3, 0.4) is 0 Å². The number of furan rings is 1. The zero-order valence-electron chi connectivity index (χ0n) is 22.4. The zero-order valence-corrected chi connectivity index (χ0v) is 23.9. The third-order valence-electron chi connectivity index (χ3n) is 8.16. The monoisotopic (exact) mass is 558 g/mol. The highest BCUT2D eigenvalue weighted by molar-refractivity contribution is 6.35. The van der Waals surface area contributed by atoms with Crippen molar-refractivity contribution in [3.05, 3.63) is 111 Å². The molecule has 1 aliphatic carbocycles. The number of carboxylic acid groups (broad SMARTS) is 1. The van der Waals surface area contributed by atoms with Crippen molar-refractivity contribution in [3.63, 3.8) is 0 Å². The van der Waals surface area contributed by atoms with Gasteiger partial charge in [-0.1, -0.05) is 98.6 Å². The Labute approximate surface area is 239 Å². The zero-order chi connectivity index (χ0) is 27.7. The fourth-order valence-corrected chi connectivity index (χ4v) is 6.26. The first-order chi connectivity index (χ1) is 18.7. The van der Waals surface area contributed by atoms with Gasteiger partial charge >= 0.3 is 5.97 Å². The molecule has 0 spiro atoms. The molecular weight excluding hydrogens is 527 g/mol. The second-order valence-electron chi connectivity index (χ2n) is 10.6. The lowest BCUT2D eigenvalue weighted by Crippen LogP contribution is -2.15. The molecule has 39 heavy (non-hydrogen) atoms. The quantitative estimate of drug-likeness (QED) is 0.222. The number of para-hydroxylation sites is 1. The van der Waals surface area contributed by atoms with Crippen molar-refractivity contribution >= 4 is 45.7 Å². The molecule has 3 atom stereocenters. The standard InChI is InChI=1S/C34H32Cl2O3/c1-4-22(15-20(2)21(3)28-14-13-27(35)19-31(28)36)29-16-26(17-30(29)34(37)38)23-9-11-24(12-10-23)33-18-25-7-5-6-8-32(25)39-33/h5-14,16,18-22H,4,15,17H2,1-3H3,(H,37,38). The van der Waals surface area contributed by atoms with Crippen LogP contribution in [0.5, 0.6) is 0 Å². The number of carboxylic acids is 1. The summed E-state index contributed by atoms with van der Waals surface area (Å²) in [6.45, 7) is 6.53. The minimum Gasteiger partial charge on any atom is -0.478 e. The highest BCUT2D eigenvalue weighted by Crippen LogP contribution is 2.42. The molecule has 1 aliphatic rings. The molecule has 0 saturated carbocycles. The topological polar surface area (TPSA) is 50.4 Å². The molecule has 1 aromatic heterocycles. The molecular formula is C34H32Cl2O3. The van der Waals surface area contributed by atoms with Crippen LogP contribution in [0.25, 0.3) is 27.9 Å². The lowest BCUT2D eigenvalue weighted by molar-refractivity contribution is -0.132. The molecule has 1 heterocycles. The predicted molar refractivity (Wildman–Crippen MR) is 161 cm³/mol. The second-order valence-corrected chi connectivity index (χ2v) is 11.4. The summed E-state index contributed by atoms with van der Waals surface area (Å²) in [5, 5.41) is 12.5. The van der Waals surface area contributed by atoms with Crippen molar-refractivity contribution in [1.29, 1.82) is 0 Å². The molecule has 5 heteroatoms. The SMILES string of the molecule is CCC(CC(C)C(C)c1ccc(Cl)cc1Cl)C1=C(C(=O)O)CC(c2ccc(-c3cc4ccccc4o3)cc2)=C1. The number of fused-ring (bicyclic) bond motifs is 1. The van der Waals surface area contributed by atoms with Crippen LogP contribution < -0.4 is 0 Å². The van der Waals surface area contributed by atoms with E-state index in [0.29, 0.717) is 28.0 Å². The number of hydrogen-bond donors (Lipinski definition) is 1. The van der Waals surface area contributed by atoms with E-state index < -0.39 is 5.97 Å². The average Bonchev–Trinajstić information content (AvgIpc) is 3.57. The first-order valence-electron chi connectivity index (χ1n) is 13.5. The Morgan fingerprint density at radius 2 is 1.69 bits per heavy atom. The van der Waals surface area contributed by atoms with Crippen LogP contribution in [0.1, 0.15) is 57.1 Å². The van der Waals surface area contributed by atoms with Gasteiger partial charge in [-0.15, -0.1) is 0 Å². The summed E-state index contributed by atoms with van der Waals surface area (Å²) in [5.74, 6) is 0.648. The van der Waals surface area contributed by atoms with Gasteiger partial charge in [0.25, 0.3) is 0 Å². The van der Waals surface area contributed by atoms with Crippen molar-refractivity contribution in [3.8, 4) is 11.3 Å². The van der Waals surface area contributed by atoms with Crippen LogP contribution in [0, 0.1) is 11.8 Å². The Morgan fingerprint density at radius 1 is 0.974 bits per heavy atom. The van der Waals surface area contributed by atoms with Gasteiger partial charge in [0.2, 0.25) is 0 Å². The molecule has 0 fully saturated rings. The van der Waals surface area contributed by atoms with Gasteiger partial charge in [0.1, 0.15) is 11.3 Å². The van der Waals surface area contributed by atoms with Gasteiger partial charge in [-0.05, 0) is 77.1 Å². The molecule has 0 amide bonds. The Morgan fingerprint density at radius 3 is 2.36 bits per heavy atom. The van der Waals surface area contributed by atoms with Gasteiger partial charge in [-0.3, -0.25) is 0 Å². The number of rotatable bonds is 9. The molecule has 1 N–H and O–H groups in total. The van der Waals surface area contributed by atoms with Gasteiger partial charge in [-0.2, -0.15) is 0 Å². The van der Waals surface area contributed by atoms with E-state index in [-0.39, 0.29) is 11.8 Å². The van der Waals surface area contributed by atoms with Crippen molar-refractivity contribution < 1.29 is 14.3 Å². The summed E-state index contributed by atoms with van der Waals surface area (Å²) >= 11 is 12.6. The van der Waals surface area contributed by atoms with E-state index in [2.05, 4.69) is 39.0 Å². The smallest absolute Gasteiger partial charge is 0.332 e. The highest BCUT2D eigenvalue weighted by Gasteiger charge is 2.29. The Bertz CT molecular complexity index is 1540. The van der Waals surface area contributed by atoms with Crippen LogP contribution in [0.4, 0.5) is 0 Å². The number of carbonyl (C=O) groups is 1. The minimum atomic E-state index is -0.838. The molecule has 0 radical (unpaired) electrons. The highest BCUT2D eigenvalue weighted by atomic mass is 35.5. The Kier molecular flexibility index (Phi) is 8.02. The first-order valence-corrected chi connectivity index (χ1v) is 14.2. The molecule has 0 bridgehead atoms. The third-order valence-corrected chi connectivity index (χ3v) is 8.73. The van der Waals surface area contributed by atoms with Gasteiger partial charge in [0, 0.05) is 33.0 Å². The van der Waals surface area contributed by atoms with Gasteiger partial charge < -0.3 is 9.52 Å². The normalized spacial score (nSPS) is 15.9. The van der Waals surface area contributed by atoms with Crippen molar-refractivity contribution in [2.45, 2.75) is 46.0 Å². The van der Waals surface area contributed by atoms with Crippen LogP contribution in [-0.4, -0.2) is 11.1 Å². The fourth-order valence-electron chi connectivity index (χ4n) is 5.68. The molecule has 4 aromatic rings. The van der Waals surface area contributed by atoms with Gasteiger partial charge in [0.05, 0.1) is 0 Å². The number of hydrogen-bond acceptors (Lipinski definition) is 2. The molecule has 3 aromatic carbocycles. The Hall–Kier alpha value is -3.27. The number of halogens is 2. The lowest BCUT2D eigenvalue weighted by atomic mass is 9.79. The van der Waals surface area contributed by atoms with Crippen molar-refractivity contribution in [1.82, 2.24) is 0 Å². The van der Waals surface area contributed by atoms with Crippen LogP contribution in [0.2, 0.25) is 10.0 Å². The van der Waals surface area contributed by atoms with Crippen molar-refractivity contribution in [2.75, 3.05) is 0 Å². The summed E-state index contributed by atoms with van der Waals surface area (Å²) in [7, 11) is 0. The van der Waals surface area contributed by atoms with E-state index in [1.807, 2.05) is 54.6 Å². The molecule has 3 unspecified atom stereocenters. The van der Waals surface area contributed by atoms with Crippen molar-refractivity contribution in [2.24, 2.45) is 11.8 Å². The molecule has 0 saturated heterocycles. The fraction of sp³-hybridized carbons (Fsp3) is 0.265. The van der Waals surface area contributed by atoms with Gasteiger partial charge in [0.15, 0.2) is 0 Å². The van der Waals surface area contributed by atoms with E-state index in [9.17, 15) is 9.90 Å². The largest absolute Gasteiger partial charge is 0.478 e. The summed E-state index contributed by atoms with van der Waals surface area (Å²) < 4.78 is 6.02. The maximum Gasteiger partial charge on any atom is 0.332 e. The first kappa shape index (κ1) is 27.3. The minimum absolute atomic E-state index is 0.145. The van der Waals surface area contributed by atoms with E-state index in [0.717, 1.165) is 57.4 Å². The van der Waals surface area contributed by atoms with Crippen LogP contribution >= 0.6 is 23.2 Å². The maximum absolute atomic E-state index is 12.3. The lowest BCUT2D eigenvalue weighted by Gasteiger charge is -2.26. The number of allylic oxidation sites excluding steroid dienone is 3. The summed E-state index contributed by atoms with van der Waals surface area (Å²) in [4.78, 5) is 12.3. The molecule has 5 rings (SSSR count). The number of aliphatic carboxylic acids is 1. The number of benzene rings is 3. The summed E-state index contributed by atoms with van der Waals surface area (Å²) in [5.41, 5.74) is 6.46. The summed E-state index contributed by atoms with van der Waals surface area (Å²) in [6.07, 6.45) is 4.28. The average molecular weight is 560 g/mol. The Balaban J connectivity index is 1.36. The van der Waals surface area contributed by atoms with E-state index in [1.165, 1.54) is 0 Å². The molecule has 3 nitrogen and oxygen atoms in total. The van der Waals surface area contributed by atoms with Crippen LogP contribution in [-0.2, 0) is 4.79 Å². The summed E-state index contributed by atoms with van der Waals surface area (Å²) in [6, 6.07) is 23.9. The third kappa shape index (κ3) is 5.71. The van der Waals surface area contributed by atoms with E-state index >= 15 is 0 Å².